The predicted molar refractivity (Wildman–Crippen MR) is 49.1 cm³/mol. The summed E-state index contributed by atoms with van der Waals surface area (Å²) in [5.74, 6) is 0. The molecule has 0 amide bonds. The van der Waals surface area contributed by atoms with E-state index < -0.39 is 5.67 Å². The van der Waals surface area contributed by atoms with Gasteiger partial charge in [0.1, 0.15) is 5.67 Å². The fourth-order valence-electron chi connectivity index (χ4n) is 1.54. The van der Waals surface area contributed by atoms with Crippen molar-refractivity contribution in [2.45, 2.75) is 31.9 Å². The van der Waals surface area contributed by atoms with E-state index in [1.165, 1.54) is 0 Å². The Bertz CT molecular complexity index is 122. The molecule has 12 heavy (non-hydrogen) atoms. The van der Waals surface area contributed by atoms with E-state index in [0.717, 1.165) is 26.1 Å². The Morgan fingerprint density at radius 1 is 1.42 bits per heavy atom. The molecule has 2 N–H and O–H groups in total. The van der Waals surface area contributed by atoms with E-state index >= 15 is 0 Å². The van der Waals surface area contributed by atoms with Crippen molar-refractivity contribution in [1.82, 2.24) is 10.6 Å². The van der Waals surface area contributed by atoms with Gasteiger partial charge in [-0.2, -0.15) is 0 Å². The molecule has 1 saturated heterocycles. The first-order valence-corrected chi connectivity index (χ1v) is 4.87. The molecule has 0 aromatic rings. The summed E-state index contributed by atoms with van der Waals surface area (Å²) in [5.41, 5.74) is -0.944. The molecule has 0 aliphatic carbocycles. The molecule has 0 bridgehead atoms. The summed E-state index contributed by atoms with van der Waals surface area (Å²) in [6.07, 6.45) is 2.39. The number of rotatable bonds is 4. The molecule has 0 radical (unpaired) electrons. The van der Waals surface area contributed by atoms with Gasteiger partial charge in [-0.25, -0.2) is 4.39 Å². The van der Waals surface area contributed by atoms with Crippen LogP contribution in [-0.2, 0) is 0 Å². The number of hydrogen-bond acceptors (Lipinski definition) is 2. The lowest BCUT2D eigenvalue weighted by Crippen LogP contribution is -2.45. The highest BCUT2D eigenvalue weighted by Crippen LogP contribution is 2.21. The van der Waals surface area contributed by atoms with Crippen molar-refractivity contribution in [3.8, 4) is 0 Å². The highest BCUT2D eigenvalue weighted by Gasteiger charge is 2.30. The second-order valence-corrected chi connectivity index (χ2v) is 3.58. The van der Waals surface area contributed by atoms with Gasteiger partial charge in [0.2, 0.25) is 0 Å². The highest BCUT2D eigenvalue weighted by molar-refractivity contribution is 4.86. The van der Waals surface area contributed by atoms with Gasteiger partial charge in [-0.1, -0.05) is 6.92 Å². The van der Waals surface area contributed by atoms with Crippen molar-refractivity contribution < 1.29 is 4.39 Å². The van der Waals surface area contributed by atoms with E-state index in [-0.39, 0.29) is 0 Å². The normalized spacial score (nSPS) is 22.5. The maximum atomic E-state index is 13.8. The molecule has 2 nitrogen and oxygen atoms in total. The van der Waals surface area contributed by atoms with Crippen LogP contribution in [0.1, 0.15) is 26.2 Å². The van der Waals surface area contributed by atoms with Crippen LogP contribution in [0.25, 0.3) is 0 Å². The number of alkyl halides is 1. The first-order valence-electron chi connectivity index (χ1n) is 4.87. The van der Waals surface area contributed by atoms with Crippen LogP contribution in [0.5, 0.6) is 0 Å². The van der Waals surface area contributed by atoms with Crippen LogP contribution in [-0.4, -0.2) is 31.8 Å². The van der Waals surface area contributed by atoms with Crippen molar-refractivity contribution in [2.24, 2.45) is 0 Å². The Labute approximate surface area is 73.9 Å². The number of piperidine rings is 1. The van der Waals surface area contributed by atoms with Gasteiger partial charge in [0.05, 0.1) is 0 Å². The molecule has 0 unspecified atom stereocenters. The Morgan fingerprint density at radius 3 is 2.67 bits per heavy atom. The maximum Gasteiger partial charge on any atom is 0.125 e. The van der Waals surface area contributed by atoms with Crippen LogP contribution in [0.2, 0.25) is 0 Å². The fourth-order valence-corrected chi connectivity index (χ4v) is 1.54. The van der Waals surface area contributed by atoms with Crippen LogP contribution >= 0.6 is 0 Å². The van der Waals surface area contributed by atoms with E-state index in [9.17, 15) is 4.39 Å². The lowest BCUT2D eigenvalue weighted by molar-refractivity contribution is 0.114. The van der Waals surface area contributed by atoms with Crippen LogP contribution in [0.4, 0.5) is 4.39 Å². The van der Waals surface area contributed by atoms with Gasteiger partial charge in [0, 0.05) is 6.54 Å². The zero-order chi connectivity index (χ0) is 8.86. The van der Waals surface area contributed by atoms with Gasteiger partial charge in [-0.15, -0.1) is 0 Å². The van der Waals surface area contributed by atoms with Crippen molar-refractivity contribution in [3.63, 3.8) is 0 Å². The number of nitrogens with one attached hydrogen (secondary N) is 2. The van der Waals surface area contributed by atoms with Crippen LogP contribution in [0, 0.1) is 0 Å². The smallest absolute Gasteiger partial charge is 0.125 e. The maximum absolute atomic E-state index is 13.8. The molecule has 1 heterocycles. The van der Waals surface area contributed by atoms with E-state index in [0.29, 0.717) is 19.4 Å². The molecule has 0 spiro atoms. The Kier molecular flexibility index (Phi) is 3.95. The first-order chi connectivity index (χ1) is 5.77. The second kappa shape index (κ2) is 4.77. The summed E-state index contributed by atoms with van der Waals surface area (Å²) in [6, 6.07) is 0. The Balaban J connectivity index is 2.17. The summed E-state index contributed by atoms with van der Waals surface area (Å²) < 4.78 is 13.8. The average Bonchev–Trinajstić information content (AvgIpc) is 2.06. The molecule has 1 fully saturated rings. The minimum atomic E-state index is -0.944. The highest BCUT2D eigenvalue weighted by atomic mass is 19.1. The zero-order valence-corrected chi connectivity index (χ0v) is 7.83. The quantitative estimate of drug-likeness (QED) is 0.623. The summed E-state index contributed by atoms with van der Waals surface area (Å²) in [4.78, 5) is 0. The van der Waals surface area contributed by atoms with E-state index in [1.54, 1.807) is 0 Å². The lowest BCUT2D eigenvalue weighted by atomic mass is 9.94. The largest absolute Gasteiger partial charge is 0.316 e. The number of hydrogen-bond donors (Lipinski definition) is 2. The molecule has 0 atom stereocenters. The third kappa shape index (κ3) is 3.07. The Hall–Kier alpha value is -0.150. The van der Waals surface area contributed by atoms with Crippen molar-refractivity contribution in [3.05, 3.63) is 0 Å². The minimum absolute atomic E-state index is 0.530. The molecule has 3 heteroatoms. The van der Waals surface area contributed by atoms with E-state index in [1.807, 2.05) is 0 Å². The predicted octanol–water partition coefficient (Wildman–Crippen LogP) is 1.08. The van der Waals surface area contributed by atoms with Crippen molar-refractivity contribution in [2.75, 3.05) is 26.2 Å². The van der Waals surface area contributed by atoms with Crippen LogP contribution < -0.4 is 10.6 Å². The molecule has 0 aromatic carbocycles. The lowest BCUT2D eigenvalue weighted by Gasteiger charge is -2.30. The molecule has 1 aliphatic heterocycles. The van der Waals surface area contributed by atoms with Gasteiger partial charge in [0.15, 0.2) is 0 Å². The fraction of sp³-hybridized carbons (Fsp3) is 1.00. The van der Waals surface area contributed by atoms with Crippen LogP contribution in [0.15, 0.2) is 0 Å². The van der Waals surface area contributed by atoms with E-state index in [4.69, 9.17) is 0 Å². The topological polar surface area (TPSA) is 24.1 Å². The number of halogens is 1. The summed E-state index contributed by atoms with van der Waals surface area (Å²) in [6.45, 7) is 5.20. The van der Waals surface area contributed by atoms with E-state index in [2.05, 4.69) is 17.6 Å². The monoisotopic (exact) mass is 174 g/mol. The third-order valence-corrected chi connectivity index (χ3v) is 2.37. The summed E-state index contributed by atoms with van der Waals surface area (Å²) >= 11 is 0. The average molecular weight is 174 g/mol. The Morgan fingerprint density at radius 2 is 2.08 bits per heavy atom. The molecular formula is C9H19FN2. The summed E-state index contributed by atoms with van der Waals surface area (Å²) in [5, 5.41) is 6.31. The molecule has 72 valence electrons. The molecule has 1 rings (SSSR count). The molecule has 1 aliphatic rings. The van der Waals surface area contributed by atoms with Gasteiger partial charge >= 0.3 is 0 Å². The molecule has 0 aromatic heterocycles. The van der Waals surface area contributed by atoms with Gasteiger partial charge in [-0.05, 0) is 38.9 Å². The zero-order valence-electron chi connectivity index (χ0n) is 7.83. The second-order valence-electron chi connectivity index (χ2n) is 3.58. The third-order valence-electron chi connectivity index (χ3n) is 2.37. The standard InChI is InChI=1S/C9H19FN2/c1-2-5-12-8-9(10)3-6-11-7-4-9/h11-12H,2-8H2,1H3. The van der Waals surface area contributed by atoms with Crippen molar-refractivity contribution in [1.29, 1.82) is 0 Å². The van der Waals surface area contributed by atoms with Gasteiger partial charge in [0.25, 0.3) is 0 Å². The molecule has 0 saturated carbocycles. The van der Waals surface area contributed by atoms with Crippen molar-refractivity contribution >= 4 is 0 Å². The van der Waals surface area contributed by atoms with Gasteiger partial charge in [-0.3, -0.25) is 0 Å². The molecular weight excluding hydrogens is 155 g/mol. The SMILES string of the molecule is CCCNCC1(F)CCNCC1. The first kappa shape index (κ1) is 9.93. The minimum Gasteiger partial charge on any atom is -0.316 e. The van der Waals surface area contributed by atoms with Gasteiger partial charge < -0.3 is 10.6 Å². The van der Waals surface area contributed by atoms with Crippen LogP contribution in [0.3, 0.4) is 0 Å². The summed E-state index contributed by atoms with van der Waals surface area (Å²) in [7, 11) is 0.